The third-order valence-electron chi connectivity index (χ3n) is 16.2. The summed E-state index contributed by atoms with van der Waals surface area (Å²) in [6.07, 6.45) is 1.69. The average Bonchev–Trinajstić information content (AvgIpc) is 0.884. The number of nitrogens with two attached hydrogens (primary N) is 10. The van der Waals surface area contributed by atoms with Crippen LogP contribution in [0.3, 0.4) is 0 Å². The summed E-state index contributed by atoms with van der Waals surface area (Å²) in [5.41, 5.74) is 57.1. The van der Waals surface area contributed by atoms with Crippen LogP contribution in [0.25, 0.3) is 0 Å². The van der Waals surface area contributed by atoms with Gasteiger partial charge < -0.3 is 121 Å². The SMILES string of the molecule is CC[C@H](C)[C@H](NC(=O)[C@H](CCCN=C(N)N)NC(=O)[C@H](C)NC(=O)[C@H](Cc1ccccc1)NC(=O)[C@H](Cc1ccccc1)NC(=O)[C@H](CCCCN)NC(=O)[C@H](CCCN=C(N)N)NC(=O)[C@@H](N)CC(C)C)C(=O)N[C@@H](CCCN=C(N)N)C(=O)NCC(=O)NCC(=O)N[C@@H](CCCN=C(N)N)C(=O)O. The van der Waals surface area contributed by atoms with Crippen molar-refractivity contribution in [1.29, 1.82) is 0 Å². The molecule has 0 spiro atoms. The van der Waals surface area contributed by atoms with E-state index in [4.69, 9.17) is 57.3 Å². The minimum Gasteiger partial charge on any atom is -0.480 e. The highest BCUT2D eigenvalue weighted by Crippen LogP contribution is 2.15. The van der Waals surface area contributed by atoms with Crippen LogP contribution in [-0.2, 0) is 70.4 Å². The summed E-state index contributed by atoms with van der Waals surface area (Å²) in [6, 6.07) is 4.01. The Kier molecular flexibility index (Phi) is 42.6. The van der Waals surface area contributed by atoms with Crippen LogP contribution in [-0.4, -0.2) is 206 Å². The topological polar surface area (TPSA) is 667 Å². The molecule has 2 aromatic rings. The molecule has 0 unspecified atom stereocenters. The molecule has 0 aliphatic carbocycles. The van der Waals surface area contributed by atoms with Crippen molar-refractivity contribution >= 4 is 94.8 Å². The molecular weight excluding hydrogens is 1360 g/mol. The second-order valence-corrected chi connectivity index (χ2v) is 25.6. The standard InChI is InChI=1S/C67H113N25O13/c1-6-39(4)53(62(103)89-44(24-15-29-78-64(70)71)56(97)83-36-51(93)82-37-52(94)85-48(63(104)105)27-18-32-81-67(76)77)92-59(100)47(26-17-31-80-66(74)75)86-54(95)40(5)84-60(101)49(34-41-19-9-7-10-20-41)91-61(102)50(35-42-21-11-8-12-22-42)90-58(99)45(23-13-14-28-68)88-57(98)46(25-16-30-79-65(72)73)87-55(96)43(69)33-38(2)3/h7-12,19-22,38-40,43-50,53H,6,13-18,23-37,68-69H2,1-5H3,(H,82,93)(H,83,97)(H,84,101)(H,85,94)(H,86,95)(H,87,96)(H,88,98)(H,89,103)(H,90,99)(H,91,102)(H,92,100)(H,104,105)(H4,70,71,78)(H4,72,73,79)(H4,74,75,80)(H4,76,77,81)/t39-,40-,43-,44-,45-,46-,47-,48-,49-,50-,53-/m0/s1. The number of carbonyl (C=O) groups excluding carboxylic acids is 11. The van der Waals surface area contributed by atoms with Gasteiger partial charge in [0.15, 0.2) is 23.8 Å². The van der Waals surface area contributed by atoms with Gasteiger partial charge in [0.1, 0.15) is 54.4 Å². The van der Waals surface area contributed by atoms with Crippen LogP contribution in [0, 0.1) is 11.8 Å². The molecule has 105 heavy (non-hydrogen) atoms. The van der Waals surface area contributed by atoms with E-state index in [2.05, 4.69) is 78.5 Å². The second kappa shape index (κ2) is 49.6. The average molecular weight is 1480 g/mol. The van der Waals surface area contributed by atoms with E-state index in [0.29, 0.717) is 36.8 Å². The summed E-state index contributed by atoms with van der Waals surface area (Å²) in [7, 11) is 0. The van der Waals surface area contributed by atoms with Crippen molar-refractivity contribution < 1.29 is 62.6 Å². The maximum atomic E-state index is 14.9. The van der Waals surface area contributed by atoms with Crippen LogP contribution >= 0.6 is 0 Å². The summed E-state index contributed by atoms with van der Waals surface area (Å²) >= 11 is 0. The third-order valence-corrected chi connectivity index (χ3v) is 16.2. The first-order valence-electron chi connectivity index (χ1n) is 35.0. The van der Waals surface area contributed by atoms with Gasteiger partial charge in [-0.15, -0.1) is 0 Å². The second-order valence-electron chi connectivity index (χ2n) is 25.6. The molecule has 0 aromatic heterocycles. The lowest BCUT2D eigenvalue weighted by molar-refractivity contribution is -0.142. The zero-order valence-corrected chi connectivity index (χ0v) is 60.7. The van der Waals surface area contributed by atoms with Gasteiger partial charge in [-0.2, -0.15) is 0 Å². The lowest BCUT2D eigenvalue weighted by atomic mass is 9.96. The van der Waals surface area contributed by atoms with Gasteiger partial charge in [0.05, 0.1) is 19.1 Å². The number of amides is 11. The molecule has 0 saturated carbocycles. The van der Waals surface area contributed by atoms with Gasteiger partial charge >= 0.3 is 5.97 Å². The van der Waals surface area contributed by atoms with Gasteiger partial charge in [-0.1, -0.05) is 94.8 Å². The maximum absolute atomic E-state index is 14.9. The first kappa shape index (κ1) is 90.2. The van der Waals surface area contributed by atoms with Crippen LogP contribution in [0.4, 0.5) is 0 Å². The van der Waals surface area contributed by atoms with E-state index < -0.39 is 150 Å². The molecule has 0 saturated heterocycles. The number of aliphatic imine (C=N–C) groups is 4. The molecular formula is C67H113N25O13. The normalized spacial score (nSPS) is 14.0. The summed E-state index contributed by atoms with van der Waals surface area (Å²) in [5, 5.41) is 38.2. The Morgan fingerprint density at radius 3 is 1.18 bits per heavy atom. The number of rotatable bonds is 51. The van der Waals surface area contributed by atoms with E-state index in [1.54, 1.807) is 74.5 Å². The highest BCUT2D eigenvalue weighted by molar-refractivity contribution is 5.99. The van der Waals surface area contributed by atoms with Crippen LogP contribution in [0.1, 0.15) is 129 Å². The number of guanidine groups is 4. The summed E-state index contributed by atoms with van der Waals surface area (Å²) in [4.78, 5) is 182. The largest absolute Gasteiger partial charge is 0.480 e. The fourth-order valence-corrected chi connectivity index (χ4v) is 10.3. The quantitative estimate of drug-likeness (QED) is 0.0167. The van der Waals surface area contributed by atoms with Crippen LogP contribution < -0.4 is 116 Å². The van der Waals surface area contributed by atoms with E-state index in [0.717, 1.165) is 0 Å². The fourth-order valence-electron chi connectivity index (χ4n) is 10.3. The smallest absolute Gasteiger partial charge is 0.326 e. The zero-order chi connectivity index (χ0) is 78.6. The number of nitrogens with one attached hydrogen (secondary N) is 11. The Hall–Kier alpha value is -10.9. The Balaban J connectivity index is 2.50. The summed E-state index contributed by atoms with van der Waals surface area (Å²) < 4.78 is 0. The van der Waals surface area contributed by atoms with Gasteiger partial charge in [-0.25, -0.2) is 4.79 Å². The fraction of sp³-hybridized carbons (Fsp3) is 0.582. The van der Waals surface area contributed by atoms with E-state index in [9.17, 15) is 62.6 Å². The lowest BCUT2D eigenvalue weighted by Gasteiger charge is -2.29. The number of carboxylic acids is 1. The Morgan fingerprint density at radius 1 is 0.400 bits per heavy atom. The van der Waals surface area contributed by atoms with Crippen molar-refractivity contribution in [2.75, 3.05) is 45.8 Å². The van der Waals surface area contributed by atoms with Crippen molar-refractivity contribution in [3.63, 3.8) is 0 Å². The molecule has 11 amide bonds. The molecule has 2 rings (SSSR count). The Labute approximate surface area is 611 Å². The van der Waals surface area contributed by atoms with Crippen molar-refractivity contribution in [2.45, 2.75) is 191 Å². The van der Waals surface area contributed by atoms with Gasteiger partial charge in [-0.3, -0.25) is 72.7 Å². The summed E-state index contributed by atoms with van der Waals surface area (Å²) in [6.45, 7) is 7.60. The van der Waals surface area contributed by atoms with E-state index in [1.807, 2.05) is 13.8 Å². The number of nitrogens with zero attached hydrogens (tertiary/aromatic N) is 4. The molecule has 0 radical (unpaired) electrons. The van der Waals surface area contributed by atoms with Gasteiger partial charge in [0, 0.05) is 39.0 Å². The molecule has 0 aliphatic rings. The molecule has 0 aliphatic heterocycles. The first-order chi connectivity index (χ1) is 49.7. The molecule has 0 heterocycles. The zero-order valence-electron chi connectivity index (χ0n) is 60.7. The van der Waals surface area contributed by atoms with Crippen molar-refractivity contribution in [2.24, 2.45) is 89.1 Å². The molecule has 38 heteroatoms. The van der Waals surface area contributed by atoms with Gasteiger partial charge in [0.2, 0.25) is 65.0 Å². The number of unbranched alkanes of at least 4 members (excludes halogenated alkanes) is 1. The maximum Gasteiger partial charge on any atom is 0.326 e. The number of benzene rings is 2. The number of carboxylic acid groups (broad SMARTS) is 1. The highest BCUT2D eigenvalue weighted by Gasteiger charge is 2.36. The predicted molar refractivity (Wildman–Crippen MR) is 396 cm³/mol. The molecule has 11 atom stereocenters. The molecule has 0 fully saturated rings. The Bertz CT molecular complexity index is 3240. The summed E-state index contributed by atoms with van der Waals surface area (Å²) in [5.74, 6) is -11.8. The Morgan fingerprint density at radius 2 is 0.762 bits per heavy atom. The van der Waals surface area contributed by atoms with Crippen LogP contribution in [0.15, 0.2) is 80.6 Å². The number of carbonyl (C=O) groups is 12. The van der Waals surface area contributed by atoms with Crippen LogP contribution in [0.2, 0.25) is 0 Å². The number of hydrogen-bond acceptors (Lipinski definition) is 18. The molecule has 584 valence electrons. The van der Waals surface area contributed by atoms with Gasteiger partial charge in [0.25, 0.3) is 0 Å². The van der Waals surface area contributed by atoms with Crippen molar-refractivity contribution in [1.82, 2.24) is 58.5 Å². The monoisotopic (exact) mass is 1480 g/mol. The number of hydrogen-bond donors (Lipinski definition) is 22. The molecule has 32 N–H and O–H groups in total. The van der Waals surface area contributed by atoms with E-state index in [-0.39, 0.29) is 133 Å². The molecule has 0 bridgehead atoms. The molecule has 38 nitrogen and oxygen atoms in total. The molecule has 2 aromatic carbocycles. The minimum atomic E-state index is -1.43. The highest BCUT2D eigenvalue weighted by atomic mass is 16.4. The number of aliphatic carboxylic acids is 1. The lowest BCUT2D eigenvalue weighted by Crippen LogP contribution is -2.61. The van der Waals surface area contributed by atoms with Crippen LogP contribution in [0.5, 0.6) is 0 Å². The minimum absolute atomic E-state index is 0.00723. The van der Waals surface area contributed by atoms with Gasteiger partial charge in [-0.05, 0) is 113 Å². The van der Waals surface area contributed by atoms with Crippen molar-refractivity contribution in [3.05, 3.63) is 71.8 Å². The predicted octanol–water partition coefficient (Wildman–Crippen LogP) is -6.07. The van der Waals surface area contributed by atoms with E-state index >= 15 is 0 Å². The van der Waals surface area contributed by atoms with E-state index in [1.165, 1.54) is 6.92 Å². The van der Waals surface area contributed by atoms with Crippen molar-refractivity contribution in [3.8, 4) is 0 Å². The first-order valence-corrected chi connectivity index (χ1v) is 35.0. The third kappa shape index (κ3) is 38.3.